The Morgan fingerprint density at radius 1 is 1.33 bits per heavy atom. The molecule has 18 heavy (non-hydrogen) atoms. The number of anilines is 1. The summed E-state index contributed by atoms with van der Waals surface area (Å²) >= 11 is 0. The van der Waals surface area contributed by atoms with E-state index in [0.29, 0.717) is 5.56 Å². The molecule has 1 aromatic rings. The Labute approximate surface area is 107 Å². The average molecular weight is 250 g/mol. The quantitative estimate of drug-likeness (QED) is 0.791. The van der Waals surface area contributed by atoms with E-state index in [4.69, 9.17) is 0 Å². The van der Waals surface area contributed by atoms with Gasteiger partial charge in [0.15, 0.2) is 0 Å². The minimum Gasteiger partial charge on any atom is -0.467 e. The van der Waals surface area contributed by atoms with Crippen LogP contribution in [0.4, 0.5) is 5.69 Å². The second-order valence-corrected chi connectivity index (χ2v) is 3.95. The lowest BCUT2D eigenvalue weighted by atomic mass is 10.1. The molecule has 1 amide bonds. The second-order valence-electron chi connectivity index (χ2n) is 3.95. The van der Waals surface area contributed by atoms with Gasteiger partial charge in [0.2, 0.25) is 0 Å². The fourth-order valence-electron chi connectivity index (χ4n) is 1.64. The summed E-state index contributed by atoms with van der Waals surface area (Å²) in [6, 6.07) is 4.86. The molecule has 2 N–H and O–H groups in total. The molecule has 0 saturated heterocycles. The molecular formula is C13H18N2O3. The molecule has 0 aliphatic heterocycles. The lowest BCUT2D eigenvalue weighted by molar-refractivity contribution is -0.141. The average Bonchev–Trinajstić information content (AvgIpc) is 2.39. The van der Waals surface area contributed by atoms with E-state index in [9.17, 15) is 9.59 Å². The minimum atomic E-state index is -0.464. The number of carbonyl (C=O) groups excluding carboxylic acids is 2. The number of nitrogens with one attached hydrogen (secondary N) is 2. The van der Waals surface area contributed by atoms with Gasteiger partial charge in [0, 0.05) is 18.3 Å². The molecule has 98 valence electrons. The van der Waals surface area contributed by atoms with Crippen molar-refractivity contribution in [2.45, 2.75) is 19.9 Å². The number of rotatable bonds is 4. The fraction of sp³-hybridized carbons (Fsp3) is 0.385. The smallest absolute Gasteiger partial charge is 0.327 e. The first-order chi connectivity index (χ1) is 8.51. The van der Waals surface area contributed by atoms with Gasteiger partial charge in [0.05, 0.1) is 7.11 Å². The molecule has 0 aliphatic carbocycles. The summed E-state index contributed by atoms with van der Waals surface area (Å²) in [6.07, 6.45) is 0. The standard InChI is InChI=1S/C13H18N2O3/c1-8-10(12(16)14-3)6-5-7-11(8)15-9(2)13(17)18-4/h5-7,9,15H,1-4H3,(H,14,16). The molecule has 1 rings (SSSR count). The largest absolute Gasteiger partial charge is 0.467 e. The molecule has 0 heterocycles. The highest BCUT2D eigenvalue weighted by Gasteiger charge is 2.15. The Bertz CT molecular complexity index is 458. The van der Waals surface area contributed by atoms with Gasteiger partial charge < -0.3 is 15.4 Å². The first-order valence-corrected chi connectivity index (χ1v) is 5.67. The van der Waals surface area contributed by atoms with E-state index < -0.39 is 6.04 Å². The highest BCUT2D eigenvalue weighted by atomic mass is 16.5. The third kappa shape index (κ3) is 3.00. The molecule has 1 aromatic carbocycles. The van der Waals surface area contributed by atoms with Crippen molar-refractivity contribution < 1.29 is 14.3 Å². The monoisotopic (exact) mass is 250 g/mol. The predicted molar refractivity (Wildman–Crippen MR) is 69.7 cm³/mol. The number of amides is 1. The third-order valence-corrected chi connectivity index (χ3v) is 2.73. The minimum absolute atomic E-state index is 0.151. The first kappa shape index (κ1) is 14.0. The lowest BCUT2D eigenvalue weighted by Crippen LogP contribution is -2.28. The number of hydrogen-bond donors (Lipinski definition) is 2. The van der Waals surface area contributed by atoms with Crippen LogP contribution in [-0.4, -0.2) is 32.1 Å². The van der Waals surface area contributed by atoms with Crippen LogP contribution in [0.25, 0.3) is 0 Å². The van der Waals surface area contributed by atoms with Crippen LogP contribution in [0.5, 0.6) is 0 Å². The van der Waals surface area contributed by atoms with Crippen LogP contribution in [0, 0.1) is 6.92 Å². The van der Waals surface area contributed by atoms with Crippen molar-refractivity contribution in [3.05, 3.63) is 29.3 Å². The molecular weight excluding hydrogens is 232 g/mol. The summed E-state index contributed by atoms with van der Waals surface area (Å²) in [7, 11) is 2.92. The summed E-state index contributed by atoms with van der Waals surface area (Å²) in [5, 5.41) is 5.60. The third-order valence-electron chi connectivity index (χ3n) is 2.73. The summed E-state index contributed by atoms with van der Waals surface area (Å²) < 4.78 is 4.64. The van der Waals surface area contributed by atoms with E-state index in [1.807, 2.05) is 13.0 Å². The molecule has 0 fully saturated rings. The molecule has 0 radical (unpaired) electrons. The van der Waals surface area contributed by atoms with Crippen LogP contribution < -0.4 is 10.6 Å². The fourth-order valence-corrected chi connectivity index (χ4v) is 1.64. The van der Waals surface area contributed by atoms with E-state index in [1.54, 1.807) is 26.1 Å². The maximum Gasteiger partial charge on any atom is 0.327 e. The maximum atomic E-state index is 11.6. The summed E-state index contributed by atoms with van der Waals surface area (Å²) in [5.74, 6) is -0.499. The normalized spacial score (nSPS) is 11.6. The van der Waals surface area contributed by atoms with Crippen molar-refractivity contribution in [2.24, 2.45) is 0 Å². The second kappa shape index (κ2) is 6.05. The zero-order chi connectivity index (χ0) is 13.7. The summed E-state index contributed by atoms with van der Waals surface area (Å²) in [6.45, 7) is 3.54. The van der Waals surface area contributed by atoms with Crippen molar-refractivity contribution in [3.63, 3.8) is 0 Å². The van der Waals surface area contributed by atoms with Crippen molar-refractivity contribution in [3.8, 4) is 0 Å². The van der Waals surface area contributed by atoms with Crippen LogP contribution in [0.3, 0.4) is 0 Å². The molecule has 1 unspecified atom stereocenters. The number of methoxy groups -OCH3 is 1. The highest BCUT2D eigenvalue weighted by molar-refractivity contribution is 5.97. The Morgan fingerprint density at radius 2 is 2.00 bits per heavy atom. The number of esters is 1. The van der Waals surface area contributed by atoms with Gasteiger partial charge in [-0.1, -0.05) is 6.07 Å². The van der Waals surface area contributed by atoms with E-state index >= 15 is 0 Å². The Morgan fingerprint density at radius 3 is 2.56 bits per heavy atom. The highest BCUT2D eigenvalue weighted by Crippen LogP contribution is 2.19. The summed E-state index contributed by atoms with van der Waals surface area (Å²) in [5.41, 5.74) is 2.13. The number of ether oxygens (including phenoxy) is 1. The Kier molecular flexibility index (Phi) is 4.71. The maximum absolute atomic E-state index is 11.6. The molecule has 0 spiro atoms. The van der Waals surface area contributed by atoms with Crippen LogP contribution >= 0.6 is 0 Å². The summed E-state index contributed by atoms with van der Waals surface area (Å²) in [4.78, 5) is 23.0. The van der Waals surface area contributed by atoms with Crippen molar-refractivity contribution in [1.29, 1.82) is 0 Å². The Hall–Kier alpha value is -2.04. The molecule has 0 saturated carbocycles. The van der Waals surface area contributed by atoms with Crippen LogP contribution in [0.2, 0.25) is 0 Å². The van der Waals surface area contributed by atoms with E-state index in [0.717, 1.165) is 11.3 Å². The molecule has 5 heteroatoms. The Balaban J connectivity index is 2.97. The van der Waals surface area contributed by atoms with E-state index in [2.05, 4.69) is 15.4 Å². The first-order valence-electron chi connectivity index (χ1n) is 5.67. The van der Waals surface area contributed by atoms with Gasteiger partial charge in [0.1, 0.15) is 6.04 Å². The molecule has 0 bridgehead atoms. The van der Waals surface area contributed by atoms with Crippen LogP contribution in [-0.2, 0) is 9.53 Å². The van der Waals surface area contributed by atoms with Crippen LogP contribution in [0.15, 0.2) is 18.2 Å². The predicted octanol–water partition coefficient (Wildman–Crippen LogP) is 1.33. The zero-order valence-electron chi connectivity index (χ0n) is 11.0. The van der Waals surface area contributed by atoms with Gasteiger partial charge in [-0.2, -0.15) is 0 Å². The van der Waals surface area contributed by atoms with Crippen LogP contribution in [0.1, 0.15) is 22.8 Å². The van der Waals surface area contributed by atoms with Crippen molar-refractivity contribution in [2.75, 3.05) is 19.5 Å². The lowest BCUT2D eigenvalue weighted by Gasteiger charge is -2.16. The molecule has 0 aliphatic rings. The molecule has 1 atom stereocenters. The zero-order valence-corrected chi connectivity index (χ0v) is 11.0. The van der Waals surface area contributed by atoms with Crippen molar-refractivity contribution >= 4 is 17.6 Å². The molecule has 0 aromatic heterocycles. The van der Waals surface area contributed by atoms with Gasteiger partial charge in [-0.05, 0) is 31.5 Å². The topological polar surface area (TPSA) is 67.4 Å². The van der Waals surface area contributed by atoms with Gasteiger partial charge in [-0.3, -0.25) is 4.79 Å². The molecule has 5 nitrogen and oxygen atoms in total. The van der Waals surface area contributed by atoms with Crippen molar-refractivity contribution in [1.82, 2.24) is 5.32 Å². The van der Waals surface area contributed by atoms with Gasteiger partial charge in [-0.25, -0.2) is 4.79 Å². The van der Waals surface area contributed by atoms with E-state index in [-0.39, 0.29) is 11.9 Å². The SMILES string of the molecule is CNC(=O)c1cccc(NC(C)C(=O)OC)c1C. The number of carbonyl (C=O) groups is 2. The van der Waals surface area contributed by atoms with Gasteiger partial charge in [-0.15, -0.1) is 0 Å². The van der Waals surface area contributed by atoms with Gasteiger partial charge in [0.25, 0.3) is 5.91 Å². The van der Waals surface area contributed by atoms with E-state index in [1.165, 1.54) is 7.11 Å². The number of hydrogen-bond acceptors (Lipinski definition) is 4. The van der Waals surface area contributed by atoms with Gasteiger partial charge >= 0.3 is 5.97 Å². The number of benzene rings is 1.